The molecule has 4 nitrogen and oxygen atoms in total. The molecular weight excluding hydrogens is 250 g/mol. The lowest BCUT2D eigenvalue weighted by atomic mass is 9.97. The molecule has 1 aromatic carbocycles. The molecule has 0 radical (unpaired) electrons. The number of nitrogens with zero attached hydrogens (tertiary/aromatic N) is 2. The minimum Gasteiger partial charge on any atom is -0.310 e. The maximum absolute atomic E-state index is 12.1. The van der Waals surface area contributed by atoms with Crippen LogP contribution in [0, 0.1) is 6.92 Å². The molecule has 1 fully saturated rings. The zero-order valence-electron chi connectivity index (χ0n) is 12.1. The van der Waals surface area contributed by atoms with Crippen LogP contribution in [0.1, 0.15) is 36.6 Å². The lowest BCUT2D eigenvalue weighted by Gasteiger charge is -2.24. The van der Waals surface area contributed by atoms with Crippen LogP contribution in [0.25, 0.3) is 5.69 Å². The molecule has 2 aromatic rings. The lowest BCUT2D eigenvalue weighted by Crippen LogP contribution is -2.26. The molecule has 106 valence electrons. The molecule has 0 bridgehead atoms. The van der Waals surface area contributed by atoms with Crippen molar-refractivity contribution in [1.29, 1.82) is 0 Å². The second kappa shape index (κ2) is 5.29. The molecule has 2 heterocycles. The van der Waals surface area contributed by atoms with E-state index in [1.807, 2.05) is 25.3 Å². The first-order chi connectivity index (χ1) is 9.66. The standard InChI is InChI=1S/C16H21N3O/c1-12-11-18(2)16(20)19(12)14-8-6-13(7-9-14)15-5-3-4-10-17-15/h6-9,11,15,17H,3-5,10H2,1-2H3. The van der Waals surface area contributed by atoms with Crippen molar-refractivity contribution in [3.8, 4) is 5.69 Å². The quantitative estimate of drug-likeness (QED) is 0.910. The normalized spacial score (nSPS) is 19.2. The Morgan fingerprint density at radius 2 is 1.95 bits per heavy atom. The summed E-state index contributed by atoms with van der Waals surface area (Å²) < 4.78 is 3.37. The summed E-state index contributed by atoms with van der Waals surface area (Å²) >= 11 is 0. The van der Waals surface area contributed by atoms with Gasteiger partial charge >= 0.3 is 5.69 Å². The molecule has 1 N–H and O–H groups in total. The van der Waals surface area contributed by atoms with Crippen LogP contribution < -0.4 is 11.0 Å². The Hall–Kier alpha value is -1.81. The van der Waals surface area contributed by atoms with Crippen LogP contribution in [-0.2, 0) is 7.05 Å². The SMILES string of the molecule is Cc1cn(C)c(=O)n1-c1ccc(C2CCCCN2)cc1. The Labute approximate surface area is 119 Å². The van der Waals surface area contributed by atoms with Crippen LogP contribution in [-0.4, -0.2) is 15.7 Å². The first-order valence-corrected chi connectivity index (χ1v) is 7.25. The summed E-state index contributed by atoms with van der Waals surface area (Å²) in [7, 11) is 1.78. The predicted molar refractivity (Wildman–Crippen MR) is 80.3 cm³/mol. The van der Waals surface area contributed by atoms with Crippen molar-refractivity contribution in [1.82, 2.24) is 14.5 Å². The van der Waals surface area contributed by atoms with Gasteiger partial charge in [-0.05, 0) is 44.0 Å². The zero-order chi connectivity index (χ0) is 14.1. The fraction of sp³-hybridized carbons (Fsp3) is 0.438. The van der Waals surface area contributed by atoms with Crippen molar-refractivity contribution in [2.45, 2.75) is 32.2 Å². The third-order valence-electron chi connectivity index (χ3n) is 4.09. The van der Waals surface area contributed by atoms with E-state index in [1.165, 1.54) is 24.8 Å². The van der Waals surface area contributed by atoms with Crippen molar-refractivity contribution >= 4 is 0 Å². The maximum atomic E-state index is 12.1. The molecule has 3 rings (SSSR count). The largest absolute Gasteiger partial charge is 0.332 e. The minimum absolute atomic E-state index is 0.00559. The van der Waals surface area contributed by atoms with Gasteiger partial charge in [-0.15, -0.1) is 0 Å². The second-order valence-electron chi connectivity index (χ2n) is 5.59. The van der Waals surface area contributed by atoms with Crippen LogP contribution in [0.3, 0.4) is 0 Å². The maximum Gasteiger partial charge on any atom is 0.332 e. The van der Waals surface area contributed by atoms with E-state index in [0.717, 1.165) is 17.9 Å². The Morgan fingerprint density at radius 1 is 1.20 bits per heavy atom. The second-order valence-corrected chi connectivity index (χ2v) is 5.59. The molecule has 20 heavy (non-hydrogen) atoms. The topological polar surface area (TPSA) is 39.0 Å². The average Bonchev–Trinajstić information content (AvgIpc) is 2.73. The van der Waals surface area contributed by atoms with E-state index in [1.54, 1.807) is 16.2 Å². The summed E-state index contributed by atoms with van der Waals surface area (Å²) in [4.78, 5) is 12.1. The van der Waals surface area contributed by atoms with E-state index in [0.29, 0.717) is 6.04 Å². The molecule has 0 spiro atoms. The summed E-state index contributed by atoms with van der Waals surface area (Å²) in [5.74, 6) is 0. The van der Waals surface area contributed by atoms with Gasteiger partial charge < -0.3 is 9.88 Å². The lowest BCUT2D eigenvalue weighted by molar-refractivity contribution is 0.412. The highest BCUT2D eigenvalue weighted by Gasteiger charge is 2.15. The number of aryl methyl sites for hydroxylation is 2. The van der Waals surface area contributed by atoms with E-state index in [-0.39, 0.29) is 5.69 Å². The van der Waals surface area contributed by atoms with Crippen molar-refractivity contribution in [2.75, 3.05) is 6.54 Å². The first kappa shape index (κ1) is 13.2. The molecule has 0 saturated carbocycles. The van der Waals surface area contributed by atoms with Crippen LogP contribution in [0.5, 0.6) is 0 Å². The number of rotatable bonds is 2. The van der Waals surface area contributed by atoms with E-state index < -0.39 is 0 Å². The molecule has 4 heteroatoms. The molecular formula is C16H21N3O. The fourth-order valence-corrected chi connectivity index (χ4v) is 3.01. The molecule has 1 aliphatic rings. The molecule has 1 aliphatic heterocycles. The van der Waals surface area contributed by atoms with Crippen molar-refractivity contribution < 1.29 is 0 Å². The highest BCUT2D eigenvalue weighted by atomic mass is 16.1. The van der Waals surface area contributed by atoms with Gasteiger partial charge in [-0.25, -0.2) is 4.79 Å². The van der Waals surface area contributed by atoms with Gasteiger partial charge in [-0.1, -0.05) is 18.6 Å². The van der Waals surface area contributed by atoms with Gasteiger partial charge in [0.25, 0.3) is 0 Å². The van der Waals surface area contributed by atoms with Crippen LogP contribution in [0.2, 0.25) is 0 Å². The van der Waals surface area contributed by atoms with Gasteiger partial charge in [0, 0.05) is 25.0 Å². The van der Waals surface area contributed by atoms with Gasteiger partial charge in [-0.2, -0.15) is 0 Å². The molecule has 1 unspecified atom stereocenters. The van der Waals surface area contributed by atoms with Gasteiger partial charge in [0.1, 0.15) is 0 Å². The highest BCUT2D eigenvalue weighted by molar-refractivity contribution is 5.37. The predicted octanol–water partition coefficient (Wildman–Crippen LogP) is 2.30. The number of imidazole rings is 1. The van der Waals surface area contributed by atoms with Gasteiger partial charge in [-0.3, -0.25) is 4.57 Å². The number of piperidine rings is 1. The number of hydrogen-bond donors (Lipinski definition) is 1. The summed E-state index contributed by atoms with van der Waals surface area (Å²) in [5, 5.41) is 3.55. The summed E-state index contributed by atoms with van der Waals surface area (Å²) in [6.45, 7) is 3.06. The molecule has 1 saturated heterocycles. The van der Waals surface area contributed by atoms with E-state index in [4.69, 9.17) is 0 Å². The Kier molecular flexibility index (Phi) is 3.49. The first-order valence-electron chi connectivity index (χ1n) is 7.25. The van der Waals surface area contributed by atoms with Crippen molar-refractivity contribution in [2.24, 2.45) is 7.05 Å². The average molecular weight is 271 g/mol. The van der Waals surface area contributed by atoms with E-state index in [2.05, 4.69) is 17.4 Å². The zero-order valence-corrected chi connectivity index (χ0v) is 12.1. The molecule has 0 amide bonds. The van der Waals surface area contributed by atoms with Gasteiger partial charge in [0.2, 0.25) is 0 Å². The Balaban J connectivity index is 1.91. The Bertz CT molecular complexity index is 645. The number of benzene rings is 1. The third kappa shape index (κ3) is 2.31. The molecule has 1 aromatic heterocycles. The monoisotopic (exact) mass is 271 g/mol. The Morgan fingerprint density at radius 3 is 2.50 bits per heavy atom. The molecule has 1 atom stereocenters. The highest BCUT2D eigenvalue weighted by Crippen LogP contribution is 2.23. The van der Waals surface area contributed by atoms with Crippen molar-refractivity contribution in [3.05, 3.63) is 52.2 Å². The number of hydrogen-bond acceptors (Lipinski definition) is 2. The van der Waals surface area contributed by atoms with Gasteiger partial charge in [0.15, 0.2) is 0 Å². The van der Waals surface area contributed by atoms with Crippen molar-refractivity contribution in [3.63, 3.8) is 0 Å². The van der Waals surface area contributed by atoms with Crippen LogP contribution >= 0.6 is 0 Å². The summed E-state index contributed by atoms with van der Waals surface area (Å²) in [5.41, 5.74) is 3.22. The smallest absolute Gasteiger partial charge is 0.310 e. The minimum atomic E-state index is 0.00559. The summed E-state index contributed by atoms with van der Waals surface area (Å²) in [6.07, 6.45) is 5.62. The number of aromatic nitrogens is 2. The fourth-order valence-electron chi connectivity index (χ4n) is 3.01. The molecule has 0 aliphatic carbocycles. The third-order valence-corrected chi connectivity index (χ3v) is 4.09. The van der Waals surface area contributed by atoms with E-state index >= 15 is 0 Å². The van der Waals surface area contributed by atoms with Gasteiger partial charge in [0.05, 0.1) is 5.69 Å². The van der Waals surface area contributed by atoms with Crippen LogP contribution in [0.4, 0.5) is 0 Å². The summed E-state index contributed by atoms with van der Waals surface area (Å²) in [6, 6.07) is 8.82. The van der Waals surface area contributed by atoms with E-state index in [9.17, 15) is 4.79 Å². The van der Waals surface area contributed by atoms with Crippen LogP contribution in [0.15, 0.2) is 35.3 Å². The number of nitrogens with one attached hydrogen (secondary N) is 1.